The molecule has 1 aromatic carbocycles. The number of nitriles is 1. The van der Waals surface area contributed by atoms with Crippen LogP contribution < -0.4 is 4.74 Å². The van der Waals surface area contributed by atoms with Gasteiger partial charge in [0.05, 0.1) is 11.5 Å². The summed E-state index contributed by atoms with van der Waals surface area (Å²) in [5, 5.41) is 9.29. The highest BCUT2D eigenvalue weighted by molar-refractivity contribution is 5.21. The van der Waals surface area contributed by atoms with E-state index in [0.29, 0.717) is 6.61 Å². The molecule has 1 saturated carbocycles. The maximum absolute atomic E-state index is 9.29. The van der Waals surface area contributed by atoms with E-state index in [1.807, 2.05) is 30.3 Å². The topological polar surface area (TPSA) is 33.0 Å². The SMILES string of the molecule is N#CC1(COc2ccccc2)CCCCC1. The van der Waals surface area contributed by atoms with Crippen molar-refractivity contribution < 1.29 is 4.74 Å². The summed E-state index contributed by atoms with van der Waals surface area (Å²) in [6.45, 7) is 0.535. The molecule has 1 fully saturated rings. The molecule has 0 saturated heterocycles. The lowest BCUT2D eigenvalue weighted by atomic mass is 9.76. The molecule has 0 amide bonds. The fraction of sp³-hybridized carbons (Fsp3) is 0.500. The lowest BCUT2D eigenvalue weighted by Crippen LogP contribution is -2.29. The third-order valence-electron chi connectivity index (χ3n) is 3.31. The van der Waals surface area contributed by atoms with Crippen LogP contribution in [0.15, 0.2) is 30.3 Å². The van der Waals surface area contributed by atoms with Crippen LogP contribution in [0.3, 0.4) is 0 Å². The second-order valence-corrected chi connectivity index (χ2v) is 4.55. The number of nitrogens with zero attached hydrogens (tertiary/aromatic N) is 1. The van der Waals surface area contributed by atoms with Crippen molar-refractivity contribution in [1.82, 2.24) is 0 Å². The van der Waals surface area contributed by atoms with E-state index in [4.69, 9.17) is 4.74 Å². The first-order valence-corrected chi connectivity index (χ1v) is 5.94. The summed E-state index contributed by atoms with van der Waals surface area (Å²) in [4.78, 5) is 0. The quantitative estimate of drug-likeness (QED) is 0.772. The van der Waals surface area contributed by atoms with Crippen molar-refractivity contribution in [3.05, 3.63) is 30.3 Å². The van der Waals surface area contributed by atoms with Crippen LogP contribution in [0.25, 0.3) is 0 Å². The molecule has 2 rings (SSSR count). The van der Waals surface area contributed by atoms with Gasteiger partial charge < -0.3 is 4.74 Å². The molecule has 0 radical (unpaired) electrons. The Kier molecular flexibility index (Phi) is 3.46. The number of benzene rings is 1. The smallest absolute Gasteiger partial charge is 0.119 e. The van der Waals surface area contributed by atoms with E-state index >= 15 is 0 Å². The zero-order valence-corrected chi connectivity index (χ0v) is 9.48. The molecule has 0 atom stereocenters. The van der Waals surface area contributed by atoms with Gasteiger partial charge in [0.15, 0.2) is 0 Å². The molecular weight excluding hydrogens is 198 g/mol. The number of ether oxygens (including phenoxy) is 1. The molecule has 0 heterocycles. The first-order chi connectivity index (χ1) is 7.85. The van der Waals surface area contributed by atoms with Crippen molar-refractivity contribution in [2.75, 3.05) is 6.61 Å². The molecular formula is C14H17NO. The maximum atomic E-state index is 9.29. The van der Waals surface area contributed by atoms with Crippen LogP contribution in [0, 0.1) is 16.7 Å². The molecule has 2 heteroatoms. The molecule has 2 nitrogen and oxygen atoms in total. The minimum absolute atomic E-state index is 0.242. The summed E-state index contributed by atoms with van der Waals surface area (Å²) < 4.78 is 5.72. The first-order valence-electron chi connectivity index (χ1n) is 5.94. The van der Waals surface area contributed by atoms with Crippen molar-refractivity contribution in [2.24, 2.45) is 5.41 Å². The monoisotopic (exact) mass is 215 g/mol. The average Bonchev–Trinajstić information content (AvgIpc) is 2.39. The standard InChI is InChI=1S/C14H17NO/c15-11-14(9-5-2-6-10-14)12-16-13-7-3-1-4-8-13/h1,3-4,7-8H,2,5-6,9-10,12H2. The van der Waals surface area contributed by atoms with Crippen molar-refractivity contribution in [3.8, 4) is 11.8 Å². The molecule has 0 aliphatic heterocycles. The van der Waals surface area contributed by atoms with Crippen LogP contribution >= 0.6 is 0 Å². The van der Waals surface area contributed by atoms with E-state index in [-0.39, 0.29) is 5.41 Å². The lowest BCUT2D eigenvalue weighted by Gasteiger charge is -2.30. The Morgan fingerprint density at radius 1 is 1.12 bits per heavy atom. The Hall–Kier alpha value is -1.49. The van der Waals surface area contributed by atoms with Gasteiger partial charge in [0, 0.05) is 0 Å². The third-order valence-corrected chi connectivity index (χ3v) is 3.31. The number of hydrogen-bond donors (Lipinski definition) is 0. The molecule has 0 aromatic heterocycles. The largest absolute Gasteiger partial charge is 0.492 e. The normalized spacial score (nSPS) is 18.7. The van der Waals surface area contributed by atoms with Crippen LogP contribution in [-0.4, -0.2) is 6.61 Å². The van der Waals surface area contributed by atoms with Crippen molar-refractivity contribution in [3.63, 3.8) is 0 Å². The van der Waals surface area contributed by atoms with Gasteiger partial charge in [-0.2, -0.15) is 5.26 Å². The molecule has 0 bridgehead atoms. The van der Waals surface area contributed by atoms with Crippen LogP contribution in [0.4, 0.5) is 0 Å². The zero-order valence-electron chi connectivity index (χ0n) is 9.48. The van der Waals surface area contributed by atoms with Crippen molar-refractivity contribution in [2.45, 2.75) is 32.1 Å². The summed E-state index contributed by atoms with van der Waals surface area (Å²) >= 11 is 0. The highest BCUT2D eigenvalue weighted by Gasteiger charge is 2.32. The van der Waals surface area contributed by atoms with Gasteiger partial charge in [-0.05, 0) is 25.0 Å². The molecule has 16 heavy (non-hydrogen) atoms. The second kappa shape index (κ2) is 5.03. The van der Waals surface area contributed by atoms with E-state index in [1.54, 1.807) is 0 Å². The number of para-hydroxylation sites is 1. The van der Waals surface area contributed by atoms with Crippen molar-refractivity contribution in [1.29, 1.82) is 5.26 Å². The van der Waals surface area contributed by atoms with E-state index < -0.39 is 0 Å². The van der Waals surface area contributed by atoms with Gasteiger partial charge in [0.25, 0.3) is 0 Å². The summed E-state index contributed by atoms with van der Waals surface area (Å²) in [6.07, 6.45) is 5.54. The van der Waals surface area contributed by atoms with Gasteiger partial charge in [-0.1, -0.05) is 37.5 Å². The van der Waals surface area contributed by atoms with Gasteiger partial charge in [-0.3, -0.25) is 0 Å². The predicted octanol–water partition coefficient (Wildman–Crippen LogP) is 3.54. The second-order valence-electron chi connectivity index (χ2n) is 4.55. The maximum Gasteiger partial charge on any atom is 0.119 e. The Bertz CT molecular complexity index is 360. The number of hydrogen-bond acceptors (Lipinski definition) is 2. The Labute approximate surface area is 96.9 Å². The van der Waals surface area contributed by atoms with E-state index in [1.165, 1.54) is 6.42 Å². The molecule has 0 unspecified atom stereocenters. The van der Waals surface area contributed by atoms with Crippen LogP contribution in [0.2, 0.25) is 0 Å². The van der Waals surface area contributed by atoms with Crippen molar-refractivity contribution >= 4 is 0 Å². The van der Waals surface area contributed by atoms with Gasteiger partial charge in [0.2, 0.25) is 0 Å². The molecule has 0 N–H and O–H groups in total. The number of rotatable bonds is 3. The molecule has 1 aromatic rings. The van der Waals surface area contributed by atoms with Gasteiger partial charge >= 0.3 is 0 Å². The van der Waals surface area contributed by atoms with Gasteiger partial charge in [-0.25, -0.2) is 0 Å². The minimum Gasteiger partial charge on any atom is -0.492 e. The van der Waals surface area contributed by atoms with Crippen LogP contribution in [0.5, 0.6) is 5.75 Å². The molecule has 1 aliphatic carbocycles. The highest BCUT2D eigenvalue weighted by Crippen LogP contribution is 2.36. The average molecular weight is 215 g/mol. The van der Waals surface area contributed by atoms with E-state index in [0.717, 1.165) is 31.4 Å². The zero-order chi connectivity index (χ0) is 11.3. The fourth-order valence-electron chi connectivity index (χ4n) is 2.26. The van der Waals surface area contributed by atoms with E-state index in [9.17, 15) is 5.26 Å². The minimum atomic E-state index is -0.242. The van der Waals surface area contributed by atoms with Crippen LogP contribution in [-0.2, 0) is 0 Å². The third kappa shape index (κ3) is 2.55. The summed E-state index contributed by atoms with van der Waals surface area (Å²) in [5.41, 5.74) is -0.242. The molecule has 1 aliphatic rings. The Balaban J connectivity index is 1.95. The summed E-state index contributed by atoms with van der Waals surface area (Å²) in [6, 6.07) is 12.2. The summed E-state index contributed by atoms with van der Waals surface area (Å²) in [7, 11) is 0. The summed E-state index contributed by atoms with van der Waals surface area (Å²) in [5.74, 6) is 0.864. The molecule has 0 spiro atoms. The van der Waals surface area contributed by atoms with Gasteiger partial charge in [0.1, 0.15) is 12.4 Å². The lowest BCUT2D eigenvalue weighted by molar-refractivity contribution is 0.150. The predicted molar refractivity (Wildman–Crippen MR) is 63.1 cm³/mol. The fourth-order valence-corrected chi connectivity index (χ4v) is 2.26. The Morgan fingerprint density at radius 2 is 1.81 bits per heavy atom. The van der Waals surface area contributed by atoms with Gasteiger partial charge in [-0.15, -0.1) is 0 Å². The van der Waals surface area contributed by atoms with E-state index in [2.05, 4.69) is 6.07 Å². The van der Waals surface area contributed by atoms with Crippen LogP contribution in [0.1, 0.15) is 32.1 Å². The highest BCUT2D eigenvalue weighted by atomic mass is 16.5. The first kappa shape index (κ1) is 11.0. The Morgan fingerprint density at radius 3 is 2.44 bits per heavy atom. The molecule has 84 valence electrons.